The van der Waals surface area contributed by atoms with Gasteiger partial charge in [0, 0.05) is 6.04 Å². The van der Waals surface area contributed by atoms with Crippen LogP contribution in [0.1, 0.15) is 25.7 Å². The standard InChI is InChI=1S/C9H18N2O2/c10-8(7-9(12)13)3-6-11-4-1-2-5-11/h8H,1-7,10H2,(H,12,13). The van der Waals surface area contributed by atoms with Gasteiger partial charge in [0.2, 0.25) is 0 Å². The second-order valence-corrected chi connectivity index (χ2v) is 3.70. The summed E-state index contributed by atoms with van der Waals surface area (Å²) in [5.74, 6) is -0.797. The summed E-state index contributed by atoms with van der Waals surface area (Å²) in [6.07, 6.45) is 3.43. The first-order chi connectivity index (χ1) is 6.18. The second-order valence-electron chi connectivity index (χ2n) is 3.70. The largest absolute Gasteiger partial charge is 0.481 e. The van der Waals surface area contributed by atoms with Crippen LogP contribution < -0.4 is 5.73 Å². The molecule has 1 aliphatic rings. The topological polar surface area (TPSA) is 66.6 Å². The van der Waals surface area contributed by atoms with E-state index in [4.69, 9.17) is 10.8 Å². The number of rotatable bonds is 5. The lowest BCUT2D eigenvalue weighted by Crippen LogP contribution is -2.30. The number of aliphatic carboxylic acids is 1. The normalized spacial score (nSPS) is 20.4. The smallest absolute Gasteiger partial charge is 0.304 e. The molecule has 76 valence electrons. The zero-order valence-corrected chi connectivity index (χ0v) is 7.91. The highest BCUT2D eigenvalue weighted by molar-refractivity contribution is 5.67. The fourth-order valence-electron chi connectivity index (χ4n) is 1.68. The summed E-state index contributed by atoms with van der Waals surface area (Å²) in [6.45, 7) is 3.26. The SMILES string of the molecule is NC(CCN1CCCC1)CC(=O)O. The van der Waals surface area contributed by atoms with Gasteiger partial charge < -0.3 is 15.7 Å². The van der Waals surface area contributed by atoms with Gasteiger partial charge in [0.25, 0.3) is 0 Å². The maximum Gasteiger partial charge on any atom is 0.304 e. The Bertz CT molecular complexity index is 167. The summed E-state index contributed by atoms with van der Waals surface area (Å²) in [6, 6.07) is -0.182. The third-order valence-electron chi connectivity index (χ3n) is 2.45. The molecule has 1 unspecified atom stereocenters. The van der Waals surface area contributed by atoms with Gasteiger partial charge in [-0.15, -0.1) is 0 Å². The zero-order chi connectivity index (χ0) is 9.68. The lowest BCUT2D eigenvalue weighted by Gasteiger charge is -2.16. The Kier molecular flexibility index (Phi) is 4.18. The molecule has 1 atom stereocenters. The van der Waals surface area contributed by atoms with E-state index in [1.54, 1.807) is 0 Å². The van der Waals surface area contributed by atoms with Crippen molar-refractivity contribution < 1.29 is 9.90 Å². The molecule has 13 heavy (non-hydrogen) atoms. The van der Waals surface area contributed by atoms with E-state index in [1.807, 2.05) is 0 Å². The van der Waals surface area contributed by atoms with Crippen molar-refractivity contribution in [3.63, 3.8) is 0 Å². The fourth-order valence-corrected chi connectivity index (χ4v) is 1.68. The van der Waals surface area contributed by atoms with Crippen molar-refractivity contribution in [1.29, 1.82) is 0 Å². The first kappa shape index (κ1) is 10.5. The van der Waals surface area contributed by atoms with Crippen molar-refractivity contribution in [2.45, 2.75) is 31.7 Å². The monoisotopic (exact) mass is 186 g/mol. The predicted molar refractivity (Wildman–Crippen MR) is 50.5 cm³/mol. The molecule has 4 nitrogen and oxygen atoms in total. The van der Waals surface area contributed by atoms with Crippen LogP contribution in [0, 0.1) is 0 Å². The number of carboxylic acid groups (broad SMARTS) is 1. The Morgan fingerprint density at radius 3 is 2.62 bits per heavy atom. The van der Waals surface area contributed by atoms with E-state index in [9.17, 15) is 4.79 Å². The molecule has 1 heterocycles. The number of carbonyl (C=O) groups is 1. The maximum atomic E-state index is 10.3. The van der Waals surface area contributed by atoms with Gasteiger partial charge in [-0.1, -0.05) is 0 Å². The fraction of sp³-hybridized carbons (Fsp3) is 0.889. The Balaban J connectivity index is 2.06. The van der Waals surface area contributed by atoms with Gasteiger partial charge >= 0.3 is 5.97 Å². The summed E-state index contributed by atoms with van der Waals surface area (Å²) >= 11 is 0. The summed E-state index contributed by atoms with van der Waals surface area (Å²) in [4.78, 5) is 12.7. The molecule has 0 bridgehead atoms. The average Bonchev–Trinajstić information content (AvgIpc) is 2.51. The van der Waals surface area contributed by atoms with Crippen LogP contribution in [0.2, 0.25) is 0 Å². The van der Waals surface area contributed by atoms with Gasteiger partial charge in [0.05, 0.1) is 6.42 Å². The molecule has 1 fully saturated rings. The van der Waals surface area contributed by atoms with Crippen molar-refractivity contribution >= 4 is 5.97 Å². The third kappa shape index (κ3) is 4.24. The zero-order valence-electron chi connectivity index (χ0n) is 7.91. The van der Waals surface area contributed by atoms with Crippen LogP contribution in [0.5, 0.6) is 0 Å². The van der Waals surface area contributed by atoms with E-state index in [0.29, 0.717) is 0 Å². The van der Waals surface area contributed by atoms with Crippen LogP contribution in [0.3, 0.4) is 0 Å². The Morgan fingerprint density at radius 2 is 2.08 bits per heavy atom. The Morgan fingerprint density at radius 1 is 1.46 bits per heavy atom. The van der Waals surface area contributed by atoms with E-state index in [0.717, 1.165) is 26.1 Å². The first-order valence-corrected chi connectivity index (χ1v) is 4.88. The molecular weight excluding hydrogens is 168 g/mol. The second kappa shape index (κ2) is 5.19. The minimum Gasteiger partial charge on any atom is -0.481 e. The molecule has 1 saturated heterocycles. The molecule has 4 heteroatoms. The van der Waals surface area contributed by atoms with E-state index in [-0.39, 0.29) is 12.5 Å². The molecular formula is C9H18N2O2. The van der Waals surface area contributed by atoms with Gasteiger partial charge in [0.1, 0.15) is 0 Å². The van der Waals surface area contributed by atoms with Gasteiger partial charge in [-0.05, 0) is 38.9 Å². The molecule has 0 aliphatic carbocycles. The number of nitrogens with zero attached hydrogens (tertiary/aromatic N) is 1. The van der Waals surface area contributed by atoms with Crippen LogP contribution >= 0.6 is 0 Å². The number of hydrogen-bond donors (Lipinski definition) is 2. The highest BCUT2D eigenvalue weighted by atomic mass is 16.4. The first-order valence-electron chi connectivity index (χ1n) is 4.88. The molecule has 0 spiro atoms. The molecule has 0 radical (unpaired) electrons. The van der Waals surface area contributed by atoms with Crippen molar-refractivity contribution in [3.05, 3.63) is 0 Å². The molecule has 0 aromatic carbocycles. The third-order valence-corrected chi connectivity index (χ3v) is 2.45. The predicted octanol–water partition coefficient (Wildman–Crippen LogP) is 0.274. The molecule has 0 saturated carbocycles. The summed E-state index contributed by atoms with van der Waals surface area (Å²) in [7, 11) is 0. The van der Waals surface area contributed by atoms with E-state index in [1.165, 1.54) is 12.8 Å². The molecule has 0 aromatic rings. The molecule has 0 amide bonds. The van der Waals surface area contributed by atoms with Crippen molar-refractivity contribution in [3.8, 4) is 0 Å². The van der Waals surface area contributed by atoms with Gasteiger partial charge in [0.15, 0.2) is 0 Å². The van der Waals surface area contributed by atoms with Crippen LogP contribution in [0.15, 0.2) is 0 Å². The van der Waals surface area contributed by atoms with Crippen molar-refractivity contribution in [2.75, 3.05) is 19.6 Å². The highest BCUT2D eigenvalue weighted by Gasteiger charge is 2.13. The minimum absolute atomic E-state index is 0.0911. The summed E-state index contributed by atoms with van der Waals surface area (Å²) in [5.41, 5.74) is 5.65. The Hall–Kier alpha value is -0.610. The van der Waals surface area contributed by atoms with Gasteiger partial charge in [-0.3, -0.25) is 4.79 Å². The van der Waals surface area contributed by atoms with Crippen molar-refractivity contribution in [2.24, 2.45) is 5.73 Å². The number of hydrogen-bond acceptors (Lipinski definition) is 3. The number of carboxylic acids is 1. The van der Waals surface area contributed by atoms with Crippen LogP contribution in [0.4, 0.5) is 0 Å². The highest BCUT2D eigenvalue weighted by Crippen LogP contribution is 2.08. The van der Waals surface area contributed by atoms with E-state index >= 15 is 0 Å². The molecule has 1 aliphatic heterocycles. The average molecular weight is 186 g/mol. The number of likely N-dealkylation sites (tertiary alicyclic amines) is 1. The van der Waals surface area contributed by atoms with Crippen molar-refractivity contribution in [1.82, 2.24) is 4.90 Å². The Labute approximate surface area is 78.7 Å². The van der Waals surface area contributed by atoms with Gasteiger partial charge in [-0.25, -0.2) is 0 Å². The van der Waals surface area contributed by atoms with E-state index in [2.05, 4.69) is 4.90 Å². The maximum absolute atomic E-state index is 10.3. The summed E-state index contributed by atoms with van der Waals surface area (Å²) < 4.78 is 0. The van der Waals surface area contributed by atoms with Gasteiger partial charge in [-0.2, -0.15) is 0 Å². The van der Waals surface area contributed by atoms with E-state index < -0.39 is 5.97 Å². The lowest BCUT2D eigenvalue weighted by atomic mass is 10.1. The number of nitrogens with two attached hydrogens (primary N) is 1. The minimum atomic E-state index is -0.797. The quantitative estimate of drug-likeness (QED) is 0.647. The lowest BCUT2D eigenvalue weighted by molar-refractivity contribution is -0.137. The molecule has 3 N–H and O–H groups in total. The molecule has 0 aromatic heterocycles. The van der Waals surface area contributed by atoms with Crippen LogP contribution in [-0.2, 0) is 4.79 Å². The van der Waals surface area contributed by atoms with Crippen LogP contribution in [0.25, 0.3) is 0 Å². The summed E-state index contributed by atoms with van der Waals surface area (Å²) in [5, 5.41) is 8.48. The van der Waals surface area contributed by atoms with Crippen LogP contribution in [-0.4, -0.2) is 41.7 Å². The molecule has 1 rings (SSSR count).